The first-order chi connectivity index (χ1) is 22.1. The highest BCUT2D eigenvalue weighted by molar-refractivity contribution is 7.98. The largest absolute Gasteiger partial charge is 0.480 e. The molecular weight excluding hydrogens is 624 g/mol. The maximum atomic E-state index is 12.9. The Balaban J connectivity index is 0. The second-order valence-electron chi connectivity index (χ2n) is 13.5. The van der Waals surface area contributed by atoms with Gasteiger partial charge in [-0.25, -0.2) is 4.79 Å². The summed E-state index contributed by atoms with van der Waals surface area (Å²) in [7, 11) is 1.64. The Morgan fingerprint density at radius 1 is 0.766 bits per heavy atom. The molecule has 0 aromatic rings. The summed E-state index contributed by atoms with van der Waals surface area (Å²) in [6.07, 6.45) is 8.30. The Hall–Kier alpha value is -2.38. The van der Waals surface area contributed by atoms with Gasteiger partial charge in [0.25, 0.3) is 0 Å². The van der Waals surface area contributed by atoms with E-state index in [1.807, 2.05) is 34.0 Å². The number of nitrogens with one attached hydrogen (secondary N) is 4. The quantitative estimate of drug-likeness (QED) is 0.0830. The number of carbonyl (C=O) groups is 5. The Morgan fingerprint density at radius 3 is 1.96 bits per heavy atom. The minimum Gasteiger partial charge on any atom is -0.480 e. The maximum absolute atomic E-state index is 12.9. The predicted octanol–water partition coefficient (Wildman–Crippen LogP) is 4.30. The summed E-state index contributed by atoms with van der Waals surface area (Å²) < 4.78 is 11.1. The van der Waals surface area contributed by atoms with Gasteiger partial charge in [0.05, 0.1) is 26.4 Å². The number of unbranched alkanes of at least 4 members (excludes halogenated alkanes) is 3. The van der Waals surface area contributed by atoms with E-state index in [-0.39, 0.29) is 30.1 Å². The van der Waals surface area contributed by atoms with Gasteiger partial charge < -0.3 is 35.8 Å². The highest BCUT2D eigenvalue weighted by atomic mass is 32.2. The molecule has 0 saturated carbocycles. The van der Waals surface area contributed by atoms with Gasteiger partial charge in [-0.15, -0.1) is 0 Å². The zero-order chi connectivity index (χ0) is 36.3. The fourth-order valence-electron chi connectivity index (χ4n) is 4.39. The zero-order valence-electron chi connectivity index (χ0n) is 30.7. The number of methoxy groups -OCH3 is 1. The summed E-state index contributed by atoms with van der Waals surface area (Å²) in [5.41, 5.74) is -0.628. The van der Waals surface area contributed by atoms with Crippen LogP contribution in [0.2, 0.25) is 0 Å². The van der Waals surface area contributed by atoms with Crippen LogP contribution >= 0.6 is 11.8 Å². The molecule has 0 aliphatic rings. The molecule has 13 heteroatoms. The molecule has 47 heavy (non-hydrogen) atoms. The van der Waals surface area contributed by atoms with E-state index in [2.05, 4.69) is 42.0 Å². The number of hydrogen-bond acceptors (Lipinski definition) is 8. The second-order valence-corrected chi connectivity index (χ2v) is 14.5. The minimum atomic E-state index is -1.17. The average Bonchev–Trinajstić information content (AvgIpc) is 2.97. The lowest BCUT2D eigenvalue weighted by Crippen LogP contribution is -2.51. The highest BCUT2D eigenvalue weighted by Gasteiger charge is 2.28. The number of aliphatic carboxylic acids is 1. The van der Waals surface area contributed by atoms with Crippen LogP contribution in [-0.2, 0) is 33.4 Å². The molecule has 0 radical (unpaired) electrons. The van der Waals surface area contributed by atoms with E-state index in [9.17, 15) is 29.1 Å². The first-order valence-electron chi connectivity index (χ1n) is 17.0. The van der Waals surface area contributed by atoms with Gasteiger partial charge in [0.2, 0.25) is 23.6 Å². The lowest BCUT2D eigenvalue weighted by Gasteiger charge is -2.29. The standard InChI is InChI=1S/C31H58N4O8S.C3H8/c1-8-9-10-14-25(36)32-16-12-11-13-24(29(40)41)35-27(38)19-33-28(39)23(15-17-44-7)34-26(37)18-30(2,3)21-43-22-31(4,5)20-42-6;1-3-2/h23-24H,8-22H2,1-7H3,(H,32,36)(H,33,39)(H,34,37)(H,35,38)(H,40,41);3H2,1-2H3. The van der Waals surface area contributed by atoms with E-state index >= 15 is 0 Å². The van der Waals surface area contributed by atoms with Crippen LogP contribution < -0.4 is 21.3 Å². The summed E-state index contributed by atoms with van der Waals surface area (Å²) in [5.74, 6) is -2.03. The Morgan fingerprint density at radius 2 is 1.38 bits per heavy atom. The molecule has 0 aromatic carbocycles. The molecule has 0 aliphatic heterocycles. The van der Waals surface area contributed by atoms with Crippen molar-refractivity contribution in [2.45, 2.75) is 125 Å². The molecular formula is C34H66N4O8S. The molecule has 2 unspecified atom stereocenters. The molecule has 276 valence electrons. The number of rotatable bonds is 26. The van der Waals surface area contributed by atoms with Crippen LogP contribution in [0.5, 0.6) is 0 Å². The summed E-state index contributed by atoms with van der Waals surface area (Å²) in [6, 6.07) is -1.95. The number of carbonyl (C=O) groups excluding carboxylic acids is 4. The summed E-state index contributed by atoms with van der Waals surface area (Å²) in [4.78, 5) is 61.7. The fourth-order valence-corrected chi connectivity index (χ4v) is 4.86. The van der Waals surface area contributed by atoms with Crippen LogP contribution in [0.3, 0.4) is 0 Å². The van der Waals surface area contributed by atoms with Crippen LogP contribution in [-0.4, -0.2) is 98.8 Å². The van der Waals surface area contributed by atoms with Crippen molar-refractivity contribution in [1.82, 2.24) is 21.3 Å². The van der Waals surface area contributed by atoms with Gasteiger partial charge >= 0.3 is 5.97 Å². The van der Waals surface area contributed by atoms with Crippen LogP contribution in [0.25, 0.3) is 0 Å². The number of ether oxygens (including phenoxy) is 2. The van der Waals surface area contributed by atoms with E-state index in [1.54, 1.807) is 7.11 Å². The highest BCUT2D eigenvalue weighted by Crippen LogP contribution is 2.23. The third kappa shape index (κ3) is 27.3. The molecule has 0 heterocycles. The number of carboxylic acids is 1. The third-order valence-corrected chi connectivity index (χ3v) is 7.37. The molecule has 0 saturated heterocycles. The van der Waals surface area contributed by atoms with Crippen molar-refractivity contribution < 1.29 is 38.6 Å². The van der Waals surface area contributed by atoms with Gasteiger partial charge in [-0.3, -0.25) is 19.2 Å². The Labute approximate surface area is 288 Å². The summed E-state index contributed by atoms with van der Waals surface area (Å²) >= 11 is 1.53. The number of amides is 4. The molecule has 12 nitrogen and oxygen atoms in total. The van der Waals surface area contributed by atoms with E-state index in [1.165, 1.54) is 18.2 Å². The lowest BCUT2D eigenvalue weighted by atomic mass is 9.89. The molecule has 2 atom stereocenters. The molecule has 0 spiro atoms. The Bertz CT molecular complexity index is 901. The topological polar surface area (TPSA) is 172 Å². The van der Waals surface area contributed by atoms with Crippen LogP contribution in [0.1, 0.15) is 113 Å². The number of carboxylic acid groups (broad SMARTS) is 1. The number of hydrogen-bond donors (Lipinski definition) is 5. The second kappa shape index (κ2) is 27.6. The third-order valence-electron chi connectivity index (χ3n) is 6.73. The fraction of sp³-hybridized carbons (Fsp3) is 0.853. The molecule has 0 fully saturated rings. The van der Waals surface area contributed by atoms with E-state index < -0.39 is 41.8 Å². The first-order valence-corrected chi connectivity index (χ1v) is 18.4. The van der Waals surface area contributed by atoms with Gasteiger partial charge in [-0.2, -0.15) is 11.8 Å². The van der Waals surface area contributed by atoms with Crippen molar-refractivity contribution in [3.8, 4) is 0 Å². The average molecular weight is 691 g/mol. The molecule has 4 amide bonds. The maximum Gasteiger partial charge on any atom is 0.326 e. The minimum absolute atomic E-state index is 0.0140. The number of thioether (sulfide) groups is 1. The van der Waals surface area contributed by atoms with Gasteiger partial charge in [-0.1, -0.05) is 67.7 Å². The van der Waals surface area contributed by atoms with Crippen molar-refractivity contribution in [2.75, 3.05) is 52.0 Å². The predicted molar refractivity (Wildman–Crippen MR) is 189 cm³/mol. The summed E-state index contributed by atoms with van der Waals surface area (Å²) in [6.45, 7) is 15.6. The van der Waals surface area contributed by atoms with Gasteiger partial charge in [0.15, 0.2) is 0 Å². The molecule has 0 aliphatic carbocycles. The van der Waals surface area contributed by atoms with Crippen molar-refractivity contribution in [2.24, 2.45) is 10.8 Å². The van der Waals surface area contributed by atoms with Crippen LogP contribution in [0, 0.1) is 10.8 Å². The molecule has 0 rings (SSSR count). The van der Waals surface area contributed by atoms with Gasteiger partial charge in [0, 0.05) is 31.9 Å². The smallest absolute Gasteiger partial charge is 0.326 e. The van der Waals surface area contributed by atoms with Crippen molar-refractivity contribution in [3.05, 3.63) is 0 Å². The zero-order valence-corrected chi connectivity index (χ0v) is 31.5. The molecule has 0 bridgehead atoms. The van der Waals surface area contributed by atoms with Crippen molar-refractivity contribution in [1.29, 1.82) is 0 Å². The molecule has 5 N–H and O–H groups in total. The van der Waals surface area contributed by atoms with Crippen molar-refractivity contribution >= 4 is 41.4 Å². The van der Waals surface area contributed by atoms with Crippen LogP contribution in [0.15, 0.2) is 0 Å². The van der Waals surface area contributed by atoms with E-state index in [0.29, 0.717) is 57.8 Å². The van der Waals surface area contributed by atoms with Gasteiger partial charge in [-0.05, 0) is 49.5 Å². The van der Waals surface area contributed by atoms with Crippen molar-refractivity contribution in [3.63, 3.8) is 0 Å². The Kier molecular flexibility index (Phi) is 27.4. The monoisotopic (exact) mass is 690 g/mol. The summed E-state index contributed by atoms with van der Waals surface area (Å²) in [5, 5.41) is 20.1. The first kappa shape index (κ1) is 46.7. The molecule has 0 aromatic heterocycles. The normalized spacial score (nSPS) is 12.6. The van der Waals surface area contributed by atoms with E-state index in [0.717, 1.165) is 19.3 Å². The lowest BCUT2D eigenvalue weighted by molar-refractivity contribution is -0.142. The SMILES string of the molecule is CCC.CCCCCC(=O)NCCCCC(NC(=O)CNC(=O)C(CCSC)NC(=O)CC(C)(C)COCC(C)(C)COC)C(=O)O. The van der Waals surface area contributed by atoms with Crippen LogP contribution in [0.4, 0.5) is 0 Å². The van der Waals surface area contributed by atoms with E-state index in [4.69, 9.17) is 9.47 Å². The van der Waals surface area contributed by atoms with Gasteiger partial charge in [0.1, 0.15) is 12.1 Å².